The molecule has 1 N–H and O–H groups in total. The Morgan fingerprint density at radius 2 is 1.56 bits per heavy atom. The van der Waals surface area contributed by atoms with Gasteiger partial charge in [0.1, 0.15) is 36.3 Å². The summed E-state index contributed by atoms with van der Waals surface area (Å²) in [5.74, 6) is -0.942. The van der Waals surface area contributed by atoms with Gasteiger partial charge >= 0.3 is 11.9 Å². The summed E-state index contributed by atoms with van der Waals surface area (Å²) in [6.07, 6.45) is 1.57. The number of carbonyl (C=O) groups excluding carboxylic acids is 3. The predicted molar refractivity (Wildman–Crippen MR) is 133 cm³/mol. The Morgan fingerprint density at radius 3 is 2.03 bits per heavy atom. The van der Waals surface area contributed by atoms with Crippen LogP contribution < -0.4 is 10.1 Å². The zero-order chi connectivity index (χ0) is 27.1. The van der Waals surface area contributed by atoms with Crippen LogP contribution in [-0.4, -0.2) is 44.5 Å². The van der Waals surface area contributed by atoms with Crippen molar-refractivity contribution in [3.63, 3.8) is 0 Å². The molecule has 0 radical (unpaired) electrons. The molecule has 1 heterocycles. The molecule has 0 atom stereocenters. The molecule has 2 aromatic rings. The molecule has 8 nitrogen and oxygen atoms in total. The van der Waals surface area contributed by atoms with Gasteiger partial charge in [-0.25, -0.2) is 19.0 Å². The zero-order valence-corrected chi connectivity index (χ0v) is 21.8. The number of anilines is 1. The van der Waals surface area contributed by atoms with Gasteiger partial charge in [-0.15, -0.1) is 0 Å². The molecule has 0 saturated carbocycles. The van der Waals surface area contributed by atoms with E-state index in [1.165, 1.54) is 31.4 Å². The topological polar surface area (TPSA) is 104 Å². The monoisotopic (exact) mass is 482 g/mol. The number of aryl methyl sites for hydroxylation is 1. The number of aromatic nitrogens is 1. The van der Waals surface area contributed by atoms with Crippen LogP contribution in [0, 0.1) is 12.7 Å². The van der Waals surface area contributed by atoms with Crippen molar-refractivity contribution in [2.24, 2.45) is 0 Å². The van der Waals surface area contributed by atoms with Gasteiger partial charge < -0.3 is 24.3 Å². The predicted octanol–water partition coefficient (Wildman–Crippen LogP) is 5.37. The summed E-state index contributed by atoms with van der Waals surface area (Å²) in [4.78, 5) is 36.1. The fourth-order valence-corrected chi connectivity index (χ4v) is 2.21. The summed E-state index contributed by atoms with van der Waals surface area (Å²) in [5.41, 5.74) is 1.38. The highest BCUT2D eigenvalue weighted by molar-refractivity contribution is 5.96. The summed E-state index contributed by atoms with van der Waals surface area (Å²) in [6, 6.07) is 5.26. The third-order valence-corrected chi connectivity index (χ3v) is 3.58. The molecule has 0 unspecified atom stereocenters. The van der Waals surface area contributed by atoms with Crippen molar-refractivity contribution in [1.29, 1.82) is 0 Å². The molecule has 1 aromatic carbocycles. The lowest BCUT2D eigenvalue weighted by atomic mass is 10.0. The highest BCUT2D eigenvalue weighted by Crippen LogP contribution is 2.22. The minimum Gasteiger partial charge on any atom is -0.482 e. The van der Waals surface area contributed by atoms with E-state index >= 15 is 0 Å². The van der Waals surface area contributed by atoms with E-state index < -0.39 is 17.8 Å². The molecular weight excluding hydrogens is 443 g/mol. The van der Waals surface area contributed by atoms with Crippen LogP contribution in [0.25, 0.3) is 0 Å². The van der Waals surface area contributed by atoms with Crippen molar-refractivity contribution in [2.75, 3.05) is 26.1 Å². The van der Waals surface area contributed by atoms with E-state index in [4.69, 9.17) is 19.0 Å². The van der Waals surface area contributed by atoms with Crippen molar-refractivity contribution in [1.82, 2.24) is 4.98 Å². The fourth-order valence-electron chi connectivity index (χ4n) is 2.21. The number of methoxy groups -OCH3 is 1. The maximum absolute atomic E-state index is 12.8. The van der Waals surface area contributed by atoms with E-state index in [9.17, 15) is 14.0 Å². The number of hydrogen-bond acceptors (Lipinski definition) is 8. The SMILES string of the molecule is C=O.CC.CC.CC.CNc1ncc(C)c(COC(=O)COc2ccc(F)cc2)c1C(=O)OC. The fraction of sp³-hybridized carbons (Fsp3) is 0.440. The van der Waals surface area contributed by atoms with Crippen LogP contribution in [0.5, 0.6) is 5.75 Å². The molecule has 34 heavy (non-hydrogen) atoms. The maximum atomic E-state index is 12.8. The number of esters is 2. The molecule has 0 saturated heterocycles. The minimum absolute atomic E-state index is 0.140. The number of nitrogens with zero attached hydrogens (tertiary/aromatic N) is 1. The van der Waals surface area contributed by atoms with E-state index in [-0.39, 0.29) is 18.8 Å². The lowest BCUT2D eigenvalue weighted by Gasteiger charge is -2.15. The normalized spacial score (nSPS) is 8.41. The van der Waals surface area contributed by atoms with Gasteiger partial charge in [-0.2, -0.15) is 0 Å². The first-order valence-corrected chi connectivity index (χ1v) is 11.0. The molecule has 0 spiro atoms. The van der Waals surface area contributed by atoms with Gasteiger partial charge in [0.15, 0.2) is 6.61 Å². The highest BCUT2D eigenvalue weighted by Gasteiger charge is 2.21. The Labute approximate surface area is 202 Å². The summed E-state index contributed by atoms with van der Waals surface area (Å²) in [6.45, 7) is 15.3. The van der Waals surface area contributed by atoms with Crippen molar-refractivity contribution in [3.8, 4) is 5.75 Å². The van der Waals surface area contributed by atoms with Gasteiger partial charge in [0.2, 0.25) is 0 Å². The standard InChI is InChI=1S/C18H19FN2O5.3C2H6.CH2O/c1-11-8-21-17(20-2)16(18(23)24-3)14(11)9-26-15(22)10-25-13-6-4-12(19)5-7-13;4*1-2/h4-8H,9-10H2,1-3H3,(H,20,21);3*1-2H3;1H2. The first kappa shape index (κ1) is 35.1. The van der Waals surface area contributed by atoms with E-state index in [0.717, 1.165) is 0 Å². The Kier molecular flexibility index (Phi) is 23.4. The van der Waals surface area contributed by atoms with Crippen LogP contribution >= 0.6 is 0 Å². The molecule has 0 bridgehead atoms. The average Bonchev–Trinajstić information content (AvgIpc) is 2.91. The zero-order valence-electron chi connectivity index (χ0n) is 21.8. The number of benzene rings is 1. The van der Waals surface area contributed by atoms with E-state index in [2.05, 4.69) is 10.3 Å². The number of carbonyl (C=O) groups is 3. The third kappa shape index (κ3) is 12.5. The van der Waals surface area contributed by atoms with Gasteiger partial charge in [-0.05, 0) is 36.8 Å². The average molecular weight is 483 g/mol. The van der Waals surface area contributed by atoms with Gasteiger partial charge in [0.05, 0.1) is 7.11 Å². The third-order valence-electron chi connectivity index (χ3n) is 3.58. The molecule has 192 valence electrons. The highest BCUT2D eigenvalue weighted by atomic mass is 19.1. The Bertz CT molecular complexity index is 814. The Balaban J connectivity index is -0.00000108. The smallest absolute Gasteiger partial charge is 0.344 e. The number of halogens is 1. The molecule has 0 amide bonds. The van der Waals surface area contributed by atoms with Crippen LogP contribution in [0.3, 0.4) is 0 Å². The van der Waals surface area contributed by atoms with E-state index in [1.54, 1.807) is 20.2 Å². The van der Waals surface area contributed by atoms with Gasteiger partial charge in [-0.1, -0.05) is 41.5 Å². The lowest BCUT2D eigenvalue weighted by molar-refractivity contribution is -0.147. The minimum atomic E-state index is -0.632. The molecular formula is C25H39FN2O6. The van der Waals surface area contributed by atoms with Crippen molar-refractivity contribution >= 4 is 24.5 Å². The van der Waals surface area contributed by atoms with Crippen molar-refractivity contribution in [2.45, 2.75) is 55.1 Å². The van der Waals surface area contributed by atoms with Crippen LogP contribution in [0.2, 0.25) is 0 Å². The summed E-state index contributed by atoms with van der Waals surface area (Å²) in [7, 11) is 2.88. The van der Waals surface area contributed by atoms with Crippen LogP contribution in [0.15, 0.2) is 30.5 Å². The van der Waals surface area contributed by atoms with E-state index in [0.29, 0.717) is 22.7 Å². The summed E-state index contributed by atoms with van der Waals surface area (Å²) < 4.78 is 28.0. The Hall–Kier alpha value is -3.49. The van der Waals surface area contributed by atoms with Crippen LogP contribution in [0.1, 0.15) is 63.0 Å². The number of ether oxygens (including phenoxy) is 3. The second-order valence-electron chi connectivity index (χ2n) is 5.29. The summed E-state index contributed by atoms with van der Waals surface area (Å²) >= 11 is 0. The molecule has 9 heteroatoms. The maximum Gasteiger partial charge on any atom is 0.344 e. The lowest BCUT2D eigenvalue weighted by Crippen LogP contribution is -2.18. The quantitative estimate of drug-likeness (QED) is 0.525. The van der Waals surface area contributed by atoms with Crippen LogP contribution in [0.4, 0.5) is 10.2 Å². The number of pyridine rings is 1. The molecule has 1 aromatic heterocycles. The van der Waals surface area contributed by atoms with Gasteiger partial charge in [-0.3, -0.25) is 0 Å². The number of nitrogens with one attached hydrogen (secondary N) is 1. The largest absolute Gasteiger partial charge is 0.482 e. The van der Waals surface area contributed by atoms with Gasteiger partial charge in [0, 0.05) is 18.8 Å². The summed E-state index contributed by atoms with van der Waals surface area (Å²) in [5, 5.41) is 2.81. The first-order valence-electron chi connectivity index (χ1n) is 11.0. The number of hydrogen-bond donors (Lipinski definition) is 1. The second-order valence-corrected chi connectivity index (χ2v) is 5.29. The molecule has 0 aliphatic carbocycles. The molecule has 0 aliphatic heterocycles. The van der Waals surface area contributed by atoms with Gasteiger partial charge in [0.25, 0.3) is 0 Å². The van der Waals surface area contributed by atoms with Crippen molar-refractivity contribution in [3.05, 3.63) is 53.0 Å². The molecule has 0 aliphatic rings. The molecule has 0 fully saturated rings. The second kappa shape index (κ2) is 22.7. The van der Waals surface area contributed by atoms with Crippen LogP contribution in [-0.2, 0) is 25.7 Å². The molecule has 2 rings (SSSR count). The van der Waals surface area contributed by atoms with Crippen molar-refractivity contribution < 1.29 is 33.0 Å². The first-order chi connectivity index (χ1) is 16.5. The Morgan fingerprint density at radius 1 is 1.03 bits per heavy atom. The van der Waals surface area contributed by atoms with E-state index in [1.807, 2.05) is 48.3 Å². The number of rotatable bonds is 7.